The van der Waals surface area contributed by atoms with Crippen molar-refractivity contribution in [2.75, 3.05) is 0 Å². The fourth-order valence-electron chi connectivity index (χ4n) is 5.26. The Labute approximate surface area is 218 Å². The normalized spacial score (nSPS) is 25.8. The summed E-state index contributed by atoms with van der Waals surface area (Å²) in [5.41, 5.74) is -0.461. The van der Waals surface area contributed by atoms with Crippen LogP contribution in [-0.4, -0.2) is 37.0 Å². The van der Waals surface area contributed by atoms with Crippen LogP contribution in [0, 0.1) is 50.5 Å². The molecule has 5 rings (SSSR count). The van der Waals surface area contributed by atoms with E-state index in [1.807, 2.05) is 0 Å². The second-order valence-corrected chi connectivity index (χ2v) is 11.2. The molecular weight excluding hydrogens is 643 g/mol. The molecule has 15 heteroatoms. The van der Waals surface area contributed by atoms with E-state index in [0.717, 1.165) is 12.1 Å². The smallest absolute Gasteiger partial charge is 0.343 e. The van der Waals surface area contributed by atoms with Gasteiger partial charge >= 0.3 is 17.9 Å². The molecular formula is C22H12F4IO9S-. The van der Waals surface area contributed by atoms with Crippen molar-refractivity contribution in [3.63, 3.8) is 0 Å². The topological polar surface area (TPSA) is 136 Å². The lowest BCUT2D eigenvalue weighted by Gasteiger charge is -2.23. The van der Waals surface area contributed by atoms with Crippen LogP contribution < -0.4 is 9.47 Å². The number of benzene rings is 2. The Morgan fingerprint density at radius 1 is 1.03 bits per heavy atom. The predicted molar refractivity (Wildman–Crippen MR) is 117 cm³/mol. The number of fused-ring (bicyclic) bond motifs is 1. The van der Waals surface area contributed by atoms with E-state index in [0.29, 0.717) is 16.4 Å². The minimum Gasteiger partial charge on any atom is -0.744 e. The standard InChI is InChI=1S/C22H13F4IO9S/c23-14-16(25)19(37(31,32)33)17(26)15(24)18(14)36-20(28)6-1-2-9(27)11(4-6)35-21(29)12-7-3-8-10(5-7)34-22(30)13(8)12/h1-2,4,7-8,10,12-13H,3,5H2,(H,31,32,33)/p-1. The highest BCUT2D eigenvalue weighted by molar-refractivity contribution is 14.1. The van der Waals surface area contributed by atoms with Gasteiger partial charge in [0.2, 0.25) is 17.4 Å². The zero-order chi connectivity index (χ0) is 27.0. The summed E-state index contributed by atoms with van der Waals surface area (Å²) in [6.45, 7) is 0. The van der Waals surface area contributed by atoms with Gasteiger partial charge in [-0.3, -0.25) is 9.59 Å². The highest BCUT2D eigenvalue weighted by Crippen LogP contribution is 2.58. The second-order valence-electron chi connectivity index (χ2n) is 8.75. The minimum absolute atomic E-state index is 0.0657. The van der Waals surface area contributed by atoms with Gasteiger partial charge in [0.05, 0.1) is 21.0 Å². The summed E-state index contributed by atoms with van der Waals surface area (Å²) in [6, 6.07) is 3.35. The monoisotopic (exact) mass is 655 g/mol. The van der Waals surface area contributed by atoms with E-state index in [4.69, 9.17) is 9.47 Å². The molecule has 1 aliphatic heterocycles. The molecule has 5 atom stereocenters. The molecule has 0 amide bonds. The van der Waals surface area contributed by atoms with Gasteiger partial charge in [0.1, 0.15) is 26.9 Å². The van der Waals surface area contributed by atoms with Crippen LogP contribution in [0.25, 0.3) is 0 Å². The Morgan fingerprint density at radius 2 is 1.68 bits per heavy atom. The summed E-state index contributed by atoms with van der Waals surface area (Å²) in [4.78, 5) is 35.2. The van der Waals surface area contributed by atoms with E-state index in [2.05, 4.69) is 4.74 Å². The first-order chi connectivity index (χ1) is 17.3. The van der Waals surface area contributed by atoms with Gasteiger partial charge in [-0.2, -0.15) is 8.78 Å². The number of halogens is 5. The molecule has 3 aliphatic rings. The van der Waals surface area contributed by atoms with Crippen molar-refractivity contribution in [2.24, 2.45) is 23.7 Å². The Bertz CT molecular complexity index is 1460. The molecule has 3 fully saturated rings. The SMILES string of the molecule is O=C(Oc1c(F)c(F)c(S(=O)(=O)[O-])c(F)c1F)c1ccc(I)c(OC(=O)C2C3CC4OC(=O)C2C4C3)c1. The summed E-state index contributed by atoms with van der Waals surface area (Å²) in [5, 5.41) is 0. The summed E-state index contributed by atoms with van der Waals surface area (Å²) in [7, 11) is -5.94. The highest BCUT2D eigenvalue weighted by Gasteiger charge is 2.64. The number of ether oxygens (including phenoxy) is 3. The lowest BCUT2D eigenvalue weighted by molar-refractivity contribution is -0.149. The molecule has 0 aromatic heterocycles. The molecule has 9 nitrogen and oxygen atoms in total. The average molecular weight is 655 g/mol. The average Bonchev–Trinajstić information content (AvgIpc) is 3.44. The van der Waals surface area contributed by atoms with Gasteiger partial charge in [-0.15, -0.1) is 0 Å². The lowest BCUT2D eigenvalue weighted by Crippen LogP contribution is -2.35. The van der Waals surface area contributed by atoms with E-state index in [9.17, 15) is 44.9 Å². The van der Waals surface area contributed by atoms with Crippen LogP contribution >= 0.6 is 22.6 Å². The highest BCUT2D eigenvalue weighted by atomic mass is 127. The van der Waals surface area contributed by atoms with E-state index in [-0.39, 0.29) is 23.7 Å². The van der Waals surface area contributed by atoms with E-state index >= 15 is 0 Å². The molecule has 2 bridgehead atoms. The lowest BCUT2D eigenvalue weighted by atomic mass is 9.80. The first-order valence-corrected chi connectivity index (χ1v) is 13.0. The van der Waals surface area contributed by atoms with Crippen molar-refractivity contribution < 1.29 is 59.1 Å². The number of esters is 3. The van der Waals surface area contributed by atoms with Crippen LogP contribution in [0.1, 0.15) is 23.2 Å². The third-order valence-corrected chi connectivity index (χ3v) is 8.51. The van der Waals surface area contributed by atoms with Crippen LogP contribution in [0.15, 0.2) is 23.1 Å². The van der Waals surface area contributed by atoms with Gasteiger partial charge < -0.3 is 18.8 Å². The first kappa shape index (κ1) is 25.8. The van der Waals surface area contributed by atoms with E-state index in [1.165, 1.54) is 6.07 Å². The van der Waals surface area contributed by atoms with Crippen LogP contribution in [0.5, 0.6) is 11.5 Å². The van der Waals surface area contributed by atoms with Crippen molar-refractivity contribution in [1.29, 1.82) is 0 Å². The number of rotatable bonds is 5. The number of hydrogen-bond acceptors (Lipinski definition) is 9. The van der Waals surface area contributed by atoms with Crippen LogP contribution in [0.3, 0.4) is 0 Å². The van der Waals surface area contributed by atoms with Crippen LogP contribution in [0.2, 0.25) is 0 Å². The summed E-state index contributed by atoms with van der Waals surface area (Å²) < 4.78 is 105. The molecule has 0 N–H and O–H groups in total. The van der Waals surface area contributed by atoms with E-state index in [1.54, 1.807) is 22.6 Å². The molecule has 196 valence electrons. The van der Waals surface area contributed by atoms with E-state index < -0.39 is 79.3 Å². The molecule has 2 aromatic rings. The van der Waals surface area contributed by atoms with Crippen molar-refractivity contribution in [3.05, 3.63) is 50.6 Å². The van der Waals surface area contributed by atoms with Gasteiger partial charge in [-0.25, -0.2) is 22.0 Å². The zero-order valence-electron chi connectivity index (χ0n) is 18.0. The third-order valence-electron chi connectivity index (χ3n) is 6.76. The van der Waals surface area contributed by atoms with Gasteiger partial charge in [-0.1, -0.05) is 0 Å². The third kappa shape index (κ3) is 4.16. The molecule has 2 aromatic carbocycles. The molecule has 5 unspecified atom stereocenters. The fourth-order valence-corrected chi connectivity index (χ4v) is 6.33. The summed E-state index contributed by atoms with van der Waals surface area (Å²) in [6.07, 6.45) is 0.969. The van der Waals surface area contributed by atoms with Crippen LogP contribution in [-0.2, 0) is 24.4 Å². The van der Waals surface area contributed by atoms with Gasteiger partial charge in [-0.05, 0) is 59.5 Å². The Balaban J connectivity index is 1.39. The first-order valence-electron chi connectivity index (χ1n) is 10.5. The maximum Gasteiger partial charge on any atom is 0.343 e. The largest absolute Gasteiger partial charge is 0.744 e. The molecule has 37 heavy (non-hydrogen) atoms. The van der Waals surface area contributed by atoms with Gasteiger partial charge in [0.15, 0.2) is 11.6 Å². The molecule has 0 spiro atoms. The van der Waals surface area contributed by atoms with Crippen molar-refractivity contribution in [2.45, 2.75) is 23.8 Å². The maximum atomic E-state index is 14.2. The molecule has 1 heterocycles. The summed E-state index contributed by atoms with van der Waals surface area (Å²) in [5.74, 6) is -16.3. The minimum atomic E-state index is -5.94. The quantitative estimate of drug-likeness (QED) is 0.119. The molecule has 1 saturated heterocycles. The van der Waals surface area contributed by atoms with Crippen molar-refractivity contribution in [3.8, 4) is 11.5 Å². The van der Waals surface area contributed by atoms with Crippen molar-refractivity contribution >= 4 is 50.6 Å². The fraction of sp³-hybridized carbons (Fsp3) is 0.318. The number of carbonyl (C=O) groups is 3. The molecule has 2 saturated carbocycles. The summed E-state index contributed by atoms with van der Waals surface area (Å²) >= 11 is 1.77. The van der Waals surface area contributed by atoms with Crippen LogP contribution in [0.4, 0.5) is 17.6 Å². The maximum absolute atomic E-state index is 14.2. The Morgan fingerprint density at radius 3 is 2.30 bits per heavy atom. The number of hydrogen-bond donors (Lipinski definition) is 0. The molecule has 2 aliphatic carbocycles. The molecule has 0 radical (unpaired) electrons. The Kier molecular flexibility index (Phi) is 6.22. The Hall–Kier alpha value is -2.79. The van der Waals surface area contributed by atoms with Gasteiger partial charge in [0, 0.05) is 5.92 Å². The van der Waals surface area contributed by atoms with Crippen molar-refractivity contribution in [1.82, 2.24) is 0 Å². The number of carbonyl (C=O) groups excluding carboxylic acids is 3. The predicted octanol–water partition coefficient (Wildman–Crippen LogP) is 3.07. The second kappa shape index (κ2) is 8.90. The zero-order valence-corrected chi connectivity index (χ0v) is 21.0. The van der Waals surface area contributed by atoms with Gasteiger partial charge in [0.25, 0.3) is 0 Å².